The molecule has 6 heteroatoms. The van der Waals surface area contributed by atoms with E-state index in [-0.39, 0.29) is 5.25 Å². The molecule has 1 heterocycles. The molecule has 0 fully saturated rings. The summed E-state index contributed by atoms with van der Waals surface area (Å²) in [7, 11) is 1.84. The van der Waals surface area contributed by atoms with E-state index in [9.17, 15) is 0 Å². The number of nitrogens with zero attached hydrogens (tertiary/aromatic N) is 4. The highest BCUT2D eigenvalue weighted by Crippen LogP contribution is 2.39. The normalized spacial score (nSPS) is 12.3. The third-order valence-electron chi connectivity index (χ3n) is 3.08. The molecular formula is C15H13ClN4S. The van der Waals surface area contributed by atoms with Crippen LogP contribution in [0.3, 0.4) is 0 Å². The molecule has 21 heavy (non-hydrogen) atoms. The molecule has 0 radical (unpaired) electrons. The van der Waals surface area contributed by atoms with Crippen LogP contribution in [-0.4, -0.2) is 20.2 Å². The van der Waals surface area contributed by atoms with E-state index < -0.39 is 0 Å². The quantitative estimate of drug-likeness (QED) is 0.688. The molecule has 0 saturated heterocycles. The van der Waals surface area contributed by atoms with Gasteiger partial charge in [0.1, 0.15) is 0 Å². The Kier molecular flexibility index (Phi) is 4.22. The standard InChI is InChI=1S/C15H13ClN4S/c1-20-15(17-18-19-20)21-14(11-5-3-2-4-6-11)12-7-9-13(16)10-8-12/h2-10,14H,1H3/t14-/m0/s1. The molecule has 3 aromatic rings. The van der Waals surface area contributed by atoms with Gasteiger partial charge in [-0.05, 0) is 33.7 Å². The van der Waals surface area contributed by atoms with Gasteiger partial charge >= 0.3 is 0 Å². The zero-order valence-electron chi connectivity index (χ0n) is 11.3. The average molecular weight is 317 g/mol. The number of tetrazole rings is 1. The Morgan fingerprint density at radius 1 is 1.00 bits per heavy atom. The predicted octanol–water partition coefficient (Wildman–Crippen LogP) is 3.75. The van der Waals surface area contributed by atoms with E-state index >= 15 is 0 Å². The van der Waals surface area contributed by atoms with Crippen LogP contribution in [0.5, 0.6) is 0 Å². The number of hydrogen-bond acceptors (Lipinski definition) is 4. The van der Waals surface area contributed by atoms with Crippen molar-refractivity contribution in [1.29, 1.82) is 0 Å². The molecule has 0 saturated carbocycles. The molecule has 0 spiro atoms. The maximum absolute atomic E-state index is 5.99. The molecule has 0 aliphatic heterocycles. The van der Waals surface area contributed by atoms with E-state index in [1.165, 1.54) is 11.1 Å². The Morgan fingerprint density at radius 2 is 1.67 bits per heavy atom. The minimum atomic E-state index is 0.119. The van der Waals surface area contributed by atoms with Crippen molar-refractivity contribution < 1.29 is 0 Å². The first-order chi connectivity index (χ1) is 10.2. The number of hydrogen-bond donors (Lipinski definition) is 0. The van der Waals surface area contributed by atoms with Gasteiger partial charge in [0.05, 0.1) is 5.25 Å². The second-order valence-corrected chi connectivity index (χ2v) is 6.05. The highest BCUT2D eigenvalue weighted by molar-refractivity contribution is 7.99. The number of rotatable bonds is 4. The van der Waals surface area contributed by atoms with Crippen molar-refractivity contribution in [2.24, 2.45) is 7.05 Å². The first kappa shape index (κ1) is 14.1. The molecule has 0 unspecified atom stereocenters. The van der Waals surface area contributed by atoms with E-state index in [0.29, 0.717) is 0 Å². The van der Waals surface area contributed by atoms with E-state index in [1.807, 2.05) is 49.5 Å². The number of halogens is 1. The lowest BCUT2D eigenvalue weighted by molar-refractivity contribution is 0.664. The van der Waals surface area contributed by atoms with Crippen LogP contribution in [-0.2, 0) is 7.05 Å². The lowest BCUT2D eigenvalue weighted by Crippen LogP contribution is -2.00. The molecule has 1 atom stereocenters. The van der Waals surface area contributed by atoms with Gasteiger partial charge in [0.2, 0.25) is 5.16 Å². The largest absolute Gasteiger partial charge is 0.224 e. The van der Waals surface area contributed by atoms with Crippen molar-refractivity contribution in [2.45, 2.75) is 10.4 Å². The Morgan fingerprint density at radius 3 is 2.29 bits per heavy atom. The molecule has 2 aromatic carbocycles. The Bertz CT molecular complexity index is 712. The fourth-order valence-electron chi connectivity index (χ4n) is 2.02. The van der Waals surface area contributed by atoms with Crippen LogP contribution < -0.4 is 0 Å². The summed E-state index contributed by atoms with van der Waals surface area (Å²) in [5.74, 6) is 0. The maximum atomic E-state index is 5.99. The van der Waals surface area contributed by atoms with Gasteiger partial charge < -0.3 is 0 Å². The summed E-state index contributed by atoms with van der Waals surface area (Å²) < 4.78 is 1.68. The average Bonchev–Trinajstić information content (AvgIpc) is 2.92. The summed E-state index contributed by atoms with van der Waals surface area (Å²) in [5, 5.41) is 13.3. The van der Waals surface area contributed by atoms with Gasteiger partial charge in [0.15, 0.2) is 0 Å². The summed E-state index contributed by atoms with van der Waals surface area (Å²) >= 11 is 7.60. The Labute approximate surface area is 132 Å². The van der Waals surface area contributed by atoms with Crippen LogP contribution in [0.25, 0.3) is 0 Å². The van der Waals surface area contributed by atoms with E-state index in [4.69, 9.17) is 11.6 Å². The SMILES string of the molecule is Cn1nnnc1S[C@@H](c1ccccc1)c1ccc(Cl)cc1. The molecule has 4 nitrogen and oxygen atoms in total. The summed E-state index contributed by atoms with van der Waals surface area (Å²) in [4.78, 5) is 0. The first-order valence-electron chi connectivity index (χ1n) is 6.43. The molecule has 0 aliphatic carbocycles. The zero-order valence-corrected chi connectivity index (χ0v) is 12.9. The molecule has 0 amide bonds. The highest BCUT2D eigenvalue weighted by Gasteiger charge is 2.18. The fraction of sp³-hybridized carbons (Fsp3) is 0.133. The van der Waals surface area contributed by atoms with Gasteiger partial charge in [0, 0.05) is 12.1 Å². The van der Waals surface area contributed by atoms with Crippen molar-refractivity contribution in [3.63, 3.8) is 0 Å². The number of aromatic nitrogens is 4. The molecule has 0 bridgehead atoms. The maximum Gasteiger partial charge on any atom is 0.209 e. The minimum Gasteiger partial charge on any atom is -0.224 e. The number of aryl methyl sites for hydroxylation is 1. The first-order valence-corrected chi connectivity index (χ1v) is 7.69. The summed E-state index contributed by atoms with van der Waals surface area (Å²) in [5.41, 5.74) is 2.37. The third-order valence-corrected chi connectivity index (χ3v) is 4.67. The number of benzene rings is 2. The smallest absolute Gasteiger partial charge is 0.209 e. The van der Waals surface area contributed by atoms with E-state index in [1.54, 1.807) is 16.4 Å². The fourth-order valence-corrected chi connectivity index (χ4v) is 3.22. The summed E-state index contributed by atoms with van der Waals surface area (Å²) in [6, 6.07) is 18.2. The molecule has 106 valence electrons. The van der Waals surface area contributed by atoms with E-state index in [2.05, 4.69) is 27.7 Å². The van der Waals surface area contributed by atoms with Gasteiger partial charge in [-0.15, -0.1) is 5.10 Å². The van der Waals surface area contributed by atoms with Crippen LogP contribution >= 0.6 is 23.4 Å². The van der Waals surface area contributed by atoms with Crippen molar-refractivity contribution in [2.75, 3.05) is 0 Å². The minimum absolute atomic E-state index is 0.119. The van der Waals surface area contributed by atoms with Crippen LogP contribution in [0.15, 0.2) is 59.8 Å². The van der Waals surface area contributed by atoms with E-state index in [0.717, 1.165) is 10.2 Å². The monoisotopic (exact) mass is 316 g/mol. The van der Waals surface area contributed by atoms with Gasteiger partial charge in [-0.3, -0.25) is 0 Å². The van der Waals surface area contributed by atoms with Crippen molar-refractivity contribution in [3.8, 4) is 0 Å². The molecule has 0 N–H and O–H groups in total. The lowest BCUT2D eigenvalue weighted by atomic mass is 10.0. The Balaban J connectivity index is 1.99. The second kappa shape index (κ2) is 6.28. The topological polar surface area (TPSA) is 43.6 Å². The van der Waals surface area contributed by atoms with Gasteiger partial charge in [-0.25, -0.2) is 4.68 Å². The van der Waals surface area contributed by atoms with Crippen LogP contribution in [0.2, 0.25) is 5.02 Å². The highest BCUT2D eigenvalue weighted by atomic mass is 35.5. The van der Waals surface area contributed by atoms with Crippen LogP contribution in [0, 0.1) is 0 Å². The van der Waals surface area contributed by atoms with Crippen molar-refractivity contribution in [1.82, 2.24) is 20.2 Å². The van der Waals surface area contributed by atoms with Gasteiger partial charge in [0.25, 0.3) is 0 Å². The van der Waals surface area contributed by atoms with Crippen molar-refractivity contribution in [3.05, 3.63) is 70.7 Å². The van der Waals surface area contributed by atoms with Gasteiger partial charge in [-0.1, -0.05) is 65.8 Å². The second-order valence-electron chi connectivity index (χ2n) is 4.55. The van der Waals surface area contributed by atoms with Crippen LogP contribution in [0.1, 0.15) is 16.4 Å². The zero-order chi connectivity index (χ0) is 14.7. The van der Waals surface area contributed by atoms with Crippen molar-refractivity contribution >= 4 is 23.4 Å². The molecule has 3 rings (SSSR count). The molecule has 1 aromatic heterocycles. The molecular weight excluding hydrogens is 304 g/mol. The summed E-state index contributed by atoms with van der Waals surface area (Å²) in [6.07, 6.45) is 0. The summed E-state index contributed by atoms with van der Waals surface area (Å²) in [6.45, 7) is 0. The molecule has 0 aliphatic rings. The third kappa shape index (κ3) is 3.25. The Hall–Kier alpha value is -1.85. The lowest BCUT2D eigenvalue weighted by Gasteiger charge is -2.16. The van der Waals surface area contributed by atoms with Crippen LogP contribution in [0.4, 0.5) is 0 Å². The van der Waals surface area contributed by atoms with Gasteiger partial charge in [-0.2, -0.15) is 0 Å². The predicted molar refractivity (Wildman–Crippen MR) is 84.4 cm³/mol. The number of thioether (sulfide) groups is 1.